The summed E-state index contributed by atoms with van der Waals surface area (Å²) in [7, 11) is 2.09. The molecule has 1 amide bonds. The highest BCUT2D eigenvalue weighted by Gasteiger charge is 2.24. The van der Waals surface area contributed by atoms with Crippen molar-refractivity contribution in [2.45, 2.75) is 33.2 Å². The SMILES string of the molecule is Cc1ccc(C)c2c(C)c(C(=O)N[C@H]3CCN(C)C3)[nH]c12. The van der Waals surface area contributed by atoms with Crippen LogP contribution in [0.25, 0.3) is 10.9 Å². The maximum Gasteiger partial charge on any atom is 0.268 e. The van der Waals surface area contributed by atoms with Crippen LogP contribution >= 0.6 is 0 Å². The first-order valence-corrected chi connectivity index (χ1v) is 7.55. The molecule has 21 heavy (non-hydrogen) atoms. The molecule has 4 heteroatoms. The fourth-order valence-corrected chi connectivity index (χ4v) is 3.34. The predicted octanol–water partition coefficient (Wildman–Crippen LogP) is 2.53. The van der Waals surface area contributed by atoms with E-state index >= 15 is 0 Å². The zero-order valence-electron chi connectivity index (χ0n) is 13.2. The molecule has 1 saturated heterocycles. The van der Waals surface area contributed by atoms with Crippen LogP contribution in [0.5, 0.6) is 0 Å². The molecule has 1 aliphatic rings. The van der Waals surface area contributed by atoms with E-state index in [0.717, 1.165) is 30.6 Å². The molecule has 4 nitrogen and oxygen atoms in total. The standard InChI is InChI=1S/C17H23N3O/c1-10-5-6-11(2)15-14(10)12(3)16(19-15)17(21)18-13-7-8-20(4)9-13/h5-6,13,19H,7-9H2,1-4H3,(H,18,21)/t13-/m0/s1. The number of carbonyl (C=O) groups excluding carboxylic acids is 1. The fourth-order valence-electron chi connectivity index (χ4n) is 3.34. The second kappa shape index (κ2) is 5.19. The van der Waals surface area contributed by atoms with Crippen LogP contribution in [0.3, 0.4) is 0 Å². The van der Waals surface area contributed by atoms with Crippen LogP contribution in [-0.4, -0.2) is 42.0 Å². The second-order valence-corrected chi connectivity index (χ2v) is 6.30. The molecule has 0 spiro atoms. The van der Waals surface area contributed by atoms with Crippen LogP contribution in [0.1, 0.15) is 33.6 Å². The monoisotopic (exact) mass is 285 g/mol. The van der Waals surface area contributed by atoms with E-state index in [1.165, 1.54) is 16.5 Å². The third-order valence-corrected chi connectivity index (χ3v) is 4.58. The van der Waals surface area contributed by atoms with Crippen molar-refractivity contribution in [3.8, 4) is 0 Å². The third kappa shape index (κ3) is 2.44. The zero-order chi connectivity index (χ0) is 15.1. The van der Waals surface area contributed by atoms with Gasteiger partial charge in [-0.1, -0.05) is 12.1 Å². The lowest BCUT2D eigenvalue weighted by atomic mass is 10.0. The van der Waals surface area contributed by atoms with Gasteiger partial charge in [-0.25, -0.2) is 0 Å². The molecule has 0 bridgehead atoms. The summed E-state index contributed by atoms with van der Waals surface area (Å²) >= 11 is 0. The number of aromatic nitrogens is 1. The van der Waals surface area contributed by atoms with E-state index < -0.39 is 0 Å². The first-order valence-electron chi connectivity index (χ1n) is 7.55. The van der Waals surface area contributed by atoms with Gasteiger partial charge in [0.2, 0.25) is 0 Å². The first kappa shape index (κ1) is 14.1. The number of likely N-dealkylation sites (tertiary alicyclic amines) is 1. The largest absolute Gasteiger partial charge is 0.350 e. The van der Waals surface area contributed by atoms with Gasteiger partial charge >= 0.3 is 0 Å². The number of hydrogen-bond acceptors (Lipinski definition) is 2. The van der Waals surface area contributed by atoms with Gasteiger partial charge in [-0.15, -0.1) is 0 Å². The Morgan fingerprint density at radius 1 is 1.29 bits per heavy atom. The minimum absolute atomic E-state index is 0.0165. The van der Waals surface area contributed by atoms with Crippen molar-refractivity contribution in [2.24, 2.45) is 0 Å². The predicted molar refractivity (Wildman–Crippen MR) is 85.9 cm³/mol. The molecule has 2 aromatic rings. The van der Waals surface area contributed by atoms with Gasteiger partial charge in [0.25, 0.3) is 5.91 Å². The smallest absolute Gasteiger partial charge is 0.268 e. The number of carbonyl (C=O) groups is 1. The summed E-state index contributed by atoms with van der Waals surface area (Å²) in [5.41, 5.74) is 5.23. The lowest BCUT2D eigenvalue weighted by molar-refractivity contribution is 0.0933. The number of H-pyrrole nitrogens is 1. The Bertz CT molecular complexity index is 702. The summed E-state index contributed by atoms with van der Waals surface area (Å²) < 4.78 is 0. The molecule has 1 aliphatic heterocycles. The molecule has 2 N–H and O–H groups in total. The lowest BCUT2D eigenvalue weighted by Crippen LogP contribution is -2.36. The third-order valence-electron chi connectivity index (χ3n) is 4.58. The number of nitrogens with one attached hydrogen (secondary N) is 2. The zero-order valence-corrected chi connectivity index (χ0v) is 13.2. The molecular weight excluding hydrogens is 262 g/mol. The van der Waals surface area contributed by atoms with Gasteiger partial charge in [0.1, 0.15) is 5.69 Å². The van der Waals surface area contributed by atoms with E-state index in [2.05, 4.69) is 48.2 Å². The maximum absolute atomic E-state index is 12.6. The van der Waals surface area contributed by atoms with Gasteiger partial charge < -0.3 is 15.2 Å². The number of amides is 1. The van der Waals surface area contributed by atoms with E-state index in [9.17, 15) is 4.79 Å². The highest BCUT2D eigenvalue weighted by atomic mass is 16.2. The van der Waals surface area contributed by atoms with E-state index in [4.69, 9.17) is 0 Å². The van der Waals surface area contributed by atoms with Crippen LogP contribution in [0.15, 0.2) is 12.1 Å². The number of nitrogens with zero attached hydrogens (tertiary/aromatic N) is 1. The van der Waals surface area contributed by atoms with Crippen molar-refractivity contribution in [1.29, 1.82) is 0 Å². The van der Waals surface area contributed by atoms with Crippen LogP contribution in [0.2, 0.25) is 0 Å². The molecule has 0 unspecified atom stereocenters. The van der Waals surface area contributed by atoms with Crippen molar-refractivity contribution in [1.82, 2.24) is 15.2 Å². The Labute approximate surface area is 125 Å². The van der Waals surface area contributed by atoms with Crippen molar-refractivity contribution in [3.63, 3.8) is 0 Å². The molecular formula is C17H23N3O. The van der Waals surface area contributed by atoms with Gasteiger partial charge in [0.15, 0.2) is 0 Å². The quantitative estimate of drug-likeness (QED) is 0.891. The number of rotatable bonds is 2. The van der Waals surface area contributed by atoms with Gasteiger partial charge in [-0.3, -0.25) is 4.79 Å². The molecule has 1 atom stereocenters. The number of benzene rings is 1. The summed E-state index contributed by atoms with van der Waals surface area (Å²) in [6, 6.07) is 4.48. The Morgan fingerprint density at radius 3 is 2.62 bits per heavy atom. The molecule has 3 rings (SSSR count). The van der Waals surface area contributed by atoms with E-state index in [1.54, 1.807) is 0 Å². The van der Waals surface area contributed by atoms with Crippen LogP contribution < -0.4 is 5.32 Å². The van der Waals surface area contributed by atoms with E-state index in [-0.39, 0.29) is 11.9 Å². The van der Waals surface area contributed by atoms with Gasteiger partial charge in [0.05, 0.1) is 0 Å². The maximum atomic E-state index is 12.6. The average molecular weight is 285 g/mol. The van der Waals surface area contributed by atoms with Crippen molar-refractivity contribution in [3.05, 3.63) is 34.5 Å². The summed E-state index contributed by atoms with van der Waals surface area (Å²) in [6.07, 6.45) is 1.03. The van der Waals surface area contributed by atoms with Crippen molar-refractivity contribution < 1.29 is 4.79 Å². The number of aromatic amines is 1. The molecule has 0 aliphatic carbocycles. The van der Waals surface area contributed by atoms with Crippen LogP contribution in [0.4, 0.5) is 0 Å². The number of aryl methyl sites for hydroxylation is 3. The Balaban J connectivity index is 1.93. The topological polar surface area (TPSA) is 48.1 Å². The highest BCUT2D eigenvalue weighted by molar-refractivity contribution is 6.02. The van der Waals surface area contributed by atoms with E-state index in [1.807, 2.05) is 6.92 Å². The minimum atomic E-state index is 0.0165. The molecule has 0 radical (unpaired) electrons. The van der Waals surface area contributed by atoms with Crippen LogP contribution in [-0.2, 0) is 0 Å². The van der Waals surface area contributed by atoms with Gasteiger partial charge in [-0.2, -0.15) is 0 Å². The summed E-state index contributed by atoms with van der Waals surface area (Å²) in [5.74, 6) is 0.0165. The highest BCUT2D eigenvalue weighted by Crippen LogP contribution is 2.27. The molecule has 1 aromatic heterocycles. The molecule has 1 aromatic carbocycles. The van der Waals surface area contributed by atoms with Gasteiger partial charge in [-0.05, 0) is 57.5 Å². The fraction of sp³-hybridized carbons (Fsp3) is 0.471. The number of likely N-dealkylation sites (N-methyl/N-ethyl adjacent to an activating group) is 1. The van der Waals surface area contributed by atoms with Crippen LogP contribution in [0, 0.1) is 20.8 Å². The second-order valence-electron chi connectivity index (χ2n) is 6.30. The first-order chi connectivity index (χ1) is 9.97. The normalized spacial score (nSPS) is 19.3. The van der Waals surface area contributed by atoms with Gasteiger partial charge in [0, 0.05) is 23.5 Å². The summed E-state index contributed by atoms with van der Waals surface area (Å²) in [5, 5.41) is 4.34. The van der Waals surface area contributed by atoms with Crippen molar-refractivity contribution >= 4 is 16.8 Å². The Morgan fingerprint density at radius 2 is 2.00 bits per heavy atom. The molecule has 2 heterocycles. The summed E-state index contributed by atoms with van der Waals surface area (Å²) in [4.78, 5) is 18.1. The summed E-state index contributed by atoms with van der Waals surface area (Å²) in [6.45, 7) is 8.18. The number of hydrogen-bond donors (Lipinski definition) is 2. The van der Waals surface area contributed by atoms with Crippen molar-refractivity contribution in [2.75, 3.05) is 20.1 Å². The Kier molecular flexibility index (Phi) is 3.49. The minimum Gasteiger partial charge on any atom is -0.350 e. The lowest BCUT2D eigenvalue weighted by Gasteiger charge is -2.12. The number of fused-ring (bicyclic) bond motifs is 1. The Hall–Kier alpha value is -1.81. The molecule has 112 valence electrons. The van der Waals surface area contributed by atoms with E-state index in [0.29, 0.717) is 5.69 Å². The average Bonchev–Trinajstić information content (AvgIpc) is 2.99. The molecule has 1 fully saturated rings. The molecule has 0 saturated carbocycles.